The third kappa shape index (κ3) is 3.93. The molecule has 1 aromatic heterocycles. The van der Waals surface area contributed by atoms with E-state index in [1.54, 1.807) is 19.1 Å². The maximum atomic E-state index is 13.2. The van der Waals surface area contributed by atoms with Crippen LogP contribution in [0.5, 0.6) is 11.5 Å². The van der Waals surface area contributed by atoms with Gasteiger partial charge in [0.2, 0.25) is 11.8 Å². The van der Waals surface area contributed by atoms with Gasteiger partial charge >= 0.3 is 12.3 Å². The van der Waals surface area contributed by atoms with Gasteiger partial charge in [0, 0.05) is 12.6 Å². The average Bonchev–Trinajstić information content (AvgIpc) is 3.02. The summed E-state index contributed by atoms with van der Waals surface area (Å²) in [7, 11) is 0. The highest BCUT2D eigenvalue weighted by molar-refractivity contribution is 6.08. The Labute approximate surface area is 180 Å². The van der Waals surface area contributed by atoms with Gasteiger partial charge in [0.15, 0.2) is 11.5 Å². The van der Waals surface area contributed by atoms with Gasteiger partial charge in [-0.3, -0.25) is 14.5 Å². The van der Waals surface area contributed by atoms with E-state index in [0.717, 1.165) is 4.90 Å². The smallest absolute Gasteiger partial charge is 0.480 e. The van der Waals surface area contributed by atoms with Gasteiger partial charge in [-0.15, -0.1) is 8.78 Å². The Balaban J connectivity index is 1.45. The molecule has 11 heteroatoms. The lowest BCUT2D eigenvalue weighted by Crippen LogP contribution is -2.66. The van der Waals surface area contributed by atoms with Crippen molar-refractivity contribution in [3.05, 3.63) is 47.7 Å². The monoisotopic (exact) mass is 447 g/mol. The Hall–Kier alpha value is -3.76. The molecule has 32 heavy (non-hydrogen) atoms. The fourth-order valence-corrected chi connectivity index (χ4v) is 3.93. The SMILES string of the molecule is C[C@@H](CC(=O)N1C(=O)[C@H](Cc2ccnc(N)c2)[C@H]1C(=O)O)c1ccc2c(c1)OC(F)(F)O2. The first-order valence-corrected chi connectivity index (χ1v) is 9.74. The van der Waals surface area contributed by atoms with Gasteiger partial charge in [0.25, 0.3) is 0 Å². The van der Waals surface area contributed by atoms with Crippen molar-refractivity contribution in [3.63, 3.8) is 0 Å². The number of alkyl halides is 2. The molecule has 9 nitrogen and oxygen atoms in total. The molecule has 0 saturated carbocycles. The number of nitrogen functional groups attached to an aromatic ring is 1. The normalized spacial score (nSPS) is 21.7. The Bertz CT molecular complexity index is 1110. The predicted molar refractivity (Wildman–Crippen MR) is 105 cm³/mol. The molecular formula is C21H19F2N3O6. The maximum absolute atomic E-state index is 13.2. The van der Waals surface area contributed by atoms with Crippen molar-refractivity contribution in [2.24, 2.45) is 5.92 Å². The molecule has 2 aliphatic heterocycles. The van der Waals surface area contributed by atoms with Crippen molar-refractivity contribution < 1.29 is 37.7 Å². The zero-order valence-electron chi connectivity index (χ0n) is 16.8. The van der Waals surface area contributed by atoms with Gasteiger partial charge < -0.3 is 20.3 Å². The van der Waals surface area contributed by atoms with E-state index in [2.05, 4.69) is 14.5 Å². The number of hydrogen-bond donors (Lipinski definition) is 2. The highest BCUT2D eigenvalue weighted by atomic mass is 19.3. The van der Waals surface area contributed by atoms with Gasteiger partial charge in [-0.05, 0) is 47.7 Å². The number of carbonyl (C=O) groups is 3. The number of aromatic nitrogens is 1. The lowest BCUT2D eigenvalue weighted by Gasteiger charge is -2.43. The number of likely N-dealkylation sites (tertiary alicyclic amines) is 1. The van der Waals surface area contributed by atoms with E-state index < -0.39 is 42.0 Å². The molecule has 0 radical (unpaired) electrons. The number of aliphatic carboxylic acids is 1. The number of fused-ring (bicyclic) bond motifs is 1. The number of hydrogen-bond acceptors (Lipinski definition) is 7. The minimum atomic E-state index is -3.76. The first-order chi connectivity index (χ1) is 15.1. The van der Waals surface area contributed by atoms with Crippen molar-refractivity contribution >= 4 is 23.6 Å². The van der Waals surface area contributed by atoms with Gasteiger partial charge in [-0.2, -0.15) is 0 Å². The largest absolute Gasteiger partial charge is 0.586 e. The van der Waals surface area contributed by atoms with Crippen LogP contribution >= 0.6 is 0 Å². The number of imide groups is 1. The summed E-state index contributed by atoms with van der Waals surface area (Å²) in [6.07, 6.45) is -2.39. The van der Waals surface area contributed by atoms with Crippen LogP contribution in [-0.2, 0) is 20.8 Å². The minimum Gasteiger partial charge on any atom is -0.480 e. The topological polar surface area (TPSA) is 132 Å². The summed E-state index contributed by atoms with van der Waals surface area (Å²) >= 11 is 0. The van der Waals surface area contributed by atoms with Crippen LogP contribution in [0.25, 0.3) is 0 Å². The van der Waals surface area contributed by atoms with E-state index in [9.17, 15) is 28.3 Å². The number of rotatable bonds is 6. The van der Waals surface area contributed by atoms with Crippen molar-refractivity contribution in [2.75, 3.05) is 5.73 Å². The highest BCUT2D eigenvalue weighted by Crippen LogP contribution is 2.42. The molecule has 2 aliphatic rings. The maximum Gasteiger partial charge on any atom is 0.586 e. The third-order valence-electron chi connectivity index (χ3n) is 5.51. The van der Waals surface area contributed by atoms with Gasteiger partial charge in [0.05, 0.1) is 5.92 Å². The predicted octanol–water partition coefficient (Wildman–Crippen LogP) is 2.16. The fourth-order valence-electron chi connectivity index (χ4n) is 3.93. The van der Waals surface area contributed by atoms with E-state index in [0.29, 0.717) is 11.1 Å². The zero-order valence-corrected chi connectivity index (χ0v) is 16.8. The van der Waals surface area contributed by atoms with Crippen molar-refractivity contribution in [1.29, 1.82) is 0 Å². The third-order valence-corrected chi connectivity index (χ3v) is 5.51. The lowest BCUT2D eigenvalue weighted by atomic mass is 9.81. The average molecular weight is 447 g/mol. The van der Waals surface area contributed by atoms with Gasteiger partial charge in [-0.1, -0.05) is 13.0 Å². The standard InChI is InChI=1S/C21H19F2N3O6/c1-10(12-2-3-14-15(9-12)32-21(22,23)31-14)6-17(27)26-18(20(29)30)13(19(26)28)7-11-4-5-25-16(24)8-11/h2-5,8-10,13,18H,6-7H2,1H3,(H2,24,25)(H,29,30)/t10-,13+,18-/m0/s1. The Morgan fingerprint density at radius 1 is 1.25 bits per heavy atom. The number of pyridine rings is 1. The molecule has 1 saturated heterocycles. The summed E-state index contributed by atoms with van der Waals surface area (Å²) < 4.78 is 35.2. The number of anilines is 1. The molecule has 3 atom stereocenters. The molecule has 3 N–H and O–H groups in total. The molecule has 1 aromatic carbocycles. The summed E-state index contributed by atoms with van der Waals surface area (Å²) in [6, 6.07) is 6.01. The Morgan fingerprint density at radius 3 is 2.66 bits per heavy atom. The van der Waals surface area contributed by atoms with Crippen LogP contribution in [-0.4, -0.2) is 45.1 Å². The molecule has 1 fully saturated rings. The van der Waals surface area contributed by atoms with Crippen molar-refractivity contribution in [3.8, 4) is 11.5 Å². The first-order valence-electron chi connectivity index (χ1n) is 9.74. The number of nitrogens with zero attached hydrogens (tertiary/aromatic N) is 2. The van der Waals surface area contributed by atoms with Crippen molar-refractivity contribution in [1.82, 2.24) is 9.88 Å². The number of β-lactam (4-membered cyclic amide) rings is 1. The number of carboxylic acids is 1. The molecule has 0 aliphatic carbocycles. The molecule has 2 aromatic rings. The second kappa shape index (κ2) is 7.74. The molecule has 2 amide bonds. The van der Waals surface area contributed by atoms with Gasteiger partial charge in [-0.25, -0.2) is 9.78 Å². The quantitative estimate of drug-likeness (QED) is 0.644. The summed E-state index contributed by atoms with van der Waals surface area (Å²) in [5, 5.41) is 9.59. The van der Waals surface area contributed by atoms with Crippen LogP contribution in [0.15, 0.2) is 36.5 Å². The second-order valence-electron chi connectivity index (χ2n) is 7.76. The summed E-state index contributed by atoms with van der Waals surface area (Å²) in [5.41, 5.74) is 6.76. The number of halogens is 2. The number of carboxylic acid groups (broad SMARTS) is 1. The van der Waals surface area contributed by atoms with E-state index >= 15 is 0 Å². The lowest BCUT2D eigenvalue weighted by molar-refractivity contribution is -0.286. The van der Waals surface area contributed by atoms with E-state index in [4.69, 9.17) is 5.73 Å². The zero-order chi connectivity index (χ0) is 23.2. The van der Waals surface area contributed by atoms with Crippen LogP contribution in [0.1, 0.15) is 30.4 Å². The minimum absolute atomic E-state index is 0.109. The van der Waals surface area contributed by atoms with Crippen LogP contribution in [0.2, 0.25) is 0 Å². The highest BCUT2D eigenvalue weighted by Gasteiger charge is 2.54. The molecule has 3 heterocycles. The first kappa shape index (κ1) is 21.5. The van der Waals surface area contributed by atoms with Gasteiger partial charge in [0.1, 0.15) is 11.9 Å². The fraction of sp³-hybridized carbons (Fsp3) is 0.333. The van der Waals surface area contributed by atoms with E-state index in [1.807, 2.05) is 0 Å². The number of amides is 2. The molecule has 168 valence electrons. The molecule has 4 rings (SSSR count). The summed E-state index contributed by atoms with van der Waals surface area (Å²) in [5.74, 6) is -3.98. The van der Waals surface area contributed by atoms with Crippen molar-refractivity contribution in [2.45, 2.75) is 38.0 Å². The molecule has 0 bridgehead atoms. The summed E-state index contributed by atoms with van der Waals surface area (Å²) in [4.78, 5) is 41.8. The van der Waals surface area contributed by atoms with E-state index in [-0.39, 0.29) is 30.2 Å². The van der Waals surface area contributed by atoms with Crippen LogP contribution in [0.3, 0.4) is 0 Å². The number of ether oxygens (including phenoxy) is 2. The van der Waals surface area contributed by atoms with Crippen LogP contribution in [0.4, 0.5) is 14.6 Å². The Kier molecular flexibility index (Phi) is 5.19. The van der Waals surface area contributed by atoms with Crippen LogP contribution in [0, 0.1) is 5.92 Å². The molecule has 0 unspecified atom stereocenters. The van der Waals surface area contributed by atoms with Crippen LogP contribution < -0.4 is 15.2 Å². The Morgan fingerprint density at radius 2 is 1.97 bits per heavy atom. The number of nitrogens with two attached hydrogens (primary N) is 1. The molecule has 0 spiro atoms. The van der Waals surface area contributed by atoms with E-state index in [1.165, 1.54) is 24.4 Å². The number of carbonyl (C=O) groups excluding carboxylic acids is 2. The number of benzene rings is 1. The second-order valence-corrected chi connectivity index (χ2v) is 7.76. The summed E-state index contributed by atoms with van der Waals surface area (Å²) in [6.45, 7) is 1.66. The molecular weight excluding hydrogens is 428 g/mol.